The molecule has 0 saturated heterocycles. The Hall–Kier alpha value is -0.450. The van der Waals surface area contributed by atoms with Gasteiger partial charge in [-0.15, -0.1) is 11.3 Å². The summed E-state index contributed by atoms with van der Waals surface area (Å²) in [6.07, 6.45) is 1.43. The maximum Gasteiger partial charge on any atom is 0.0797 e. The van der Waals surface area contributed by atoms with Crippen molar-refractivity contribution in [2.75, 3.05) is 6.54 Å². The Bertz CT molecular complexity index is 304. The highest BCUT2D eigenvalue weighted by Gasteiger charge is 2.45. The van der Waals surface area contributed by atoms with Crippen LogP contribution in [-0.4, -0.2) is 22.7 Å². The quantitative estimate of drug-likeness (QED) is 0.739. The molecule has 4 heteroatoms. The number of aliphatic hydroxyl groups excluding tert-OH is 1. The molecular weight excluding hydrogens is 184 g/mol. The SMILES string of the molecule is Cc1ncsc1C1(CN)CC(O)C1. The van der Waals surface area contributed by atoms with Crippen LogP contribution in [-0.2, 0) is 5.41 Å². The maximum absolute atomic E-state index is 9.33. The highest BCUT2D eigenvalue weighted by molar-refractivity contribution is 7.10. The van der Waals surface area contributed by atoms with Crippen LogP contribution in [0.4, 0.5) is 0 Å². The molecule has 3 nitrogen and oxygen atoms in total. The molecule has 0 radical (unpaired) electrons. The Balaban J connectivity index is 2.28. The molecule has 0 atom stereocenters. The molecule has 0 aromatic carbocycles. The van der Waals surface area contributed by atoms with Gasteiger partial charge in [0.25, 0.3) is 0 Å². The van der Waals surface area contributed by atoms with Gasteiger partial charge in [-0.2, -0.15) is 0 Å². The minimum absolute atomic E-state index is 0.0324. The number of hydrogen-bond donors (Lipinski definition) is 2. The van der Waals surface area contributed by atoms with Gasteiger partial charge in [-0.3, -0.25) is 0 Å². The van der Waals surface area contributed by atoms with Crippen LogP contribution in [0.25, 0.3) is 0 Å². The molecule has 0 spiro atoms. The molecule has 1 aliphatic rings. The van der Waals surface area contributed by atoms with Gasteiger partial charge in [0.1, 0.15) is 0 Å². The summed E-state index contributed by atoms with van der Waals surface area (Å²) in [5.74, 6) is 0. The minimum atomic E-state index is -0.162. The summed E-state index contributed by atoms with van der Waals surface area (Å²) in [5, 5.41) is 9.33. The van der Waals surface area contributed by atoms with Gasteiger partial charge in [0.2, 0.25) is 0 Å². The molecule has 1 aromatic heterocycles. The minimum Gasteiger partial charge on any atom is -0.393 e. The second-order valence-corrected chi connectivity index (χ2v) is 4.67. The van der Waals surface area contributed by atoms with Crippen LogP contribution in [0, 0.1) is 6.92 Å². The number of aliphatic hydroxyl groups is 1. The fourth-order valence-electron chi connectivity index (χ4n) is 2.10. The lowest BCUT2D eigenvalue weighted by atomic mass is 9.65. The molecule has 0 bridgehead atoms. The van der Waals surface area contributed by atoms with Crippen LogP contribution < -0.4 is 5.73 Å². The number of thiazole rings is 1. The lowest BCUT2D eigenvalue weighted by Crippen LogP contribution is -2.49. The largest absolute Gasteiger partial charge is 0.393 e. The highest BCUT2D eigenvalue weighted by atomic mass is 32.1. The van der Waals surface area contributed by atoms with Crippen molar-refractivity contribution < 1.29 is 5.11 Å². The third-order valence-corrected chi connectivity index (χ3v) is 4.05. The van der Waals surface area contributed by atoms with Gasteiger partial charge >= 0.3 is 0 Å². The lowest BCUT2D eigenvalue weighted by molar-refractivity contribution is 0.0235. The van der Waals surface area contributed by atoms with Crippen molar-refractivity contribution >= 4 is 11.3 Å². The maximum atomic E-state index is 9.33. The summed E-state index contributed by atoms with van der Waals surface area (Å²) in [5.41, 5.74) is 8.72. The summed E-state index contributed by atoms with van der Waals surface area (Å²) < 4.78 is 0. The van der Waals surface area contributed by atoms with Crippen molar-refractivity contribution in [3.05, 3.63) is 16.1 Å². The van der Waals surface area contributed by atoms with E-state index in [0.717, 1.165) is 18.5 Å². The zero-order chi connectivity index (χ0) is 9.47. The van der Waals surface area contributed by atoms with Crippen molar-refractivity contribution in [3.63, 3.8) is 0 Å². The van der Waals surface area contributed by atoms with E-state index in [4.69, 9.17) is 5.73 Å². The van der Waals surface area contributed by atoms with E-state index >= 15 is 0 Å². The van der Waals surface area contributed by atoms with Gasteiger partial charge in [0.15, 0.2) is 0 Å². The monoisotopic (exact) mass is 198 g/mol. The Kier molecular flexibility index (Phi) is 2.14. The number of hydrogen-bond acceptors (Lipinski definition) is 4. The van der Waals surface area contributed by atoms with Crippen molar-refractivity contribution in [1.29, 1.82) is 0 Å². The highest BCUT2D eigenvalue weighted by Crippen LogP contribution is 2.45. The summed E-state index contributed by atoms with van der Waals surface area (Å²) in [6.45, 7) is 2.63. The van der Waals surface area contributed by atoms with E-state index in [9.17, 15) is 5.11 Å². The molecule has 1 fully saturated rings. The summed E-state index contributed by atoms with van der Waals surface area (Å²) in [4.78, 5) is 5.48. The molecule has 0 amide bonds. The van der Waals surface area contributed by atoms with E-state index in [1.165, 1.54) is 4.88 Å². The van der Waals surface area contributed by atoms with Crippen LogP contribution >= 0.6 is 11.3 Å². The van der Waals surface area contributed by atoms with Gasteiger partial charge in [0, 0.05) is 16.8 Å². The fourth-order valence-corrected chi connectivity index (χ4v) is 3.14. The number of rotatable bonds is 2. The van der Waals surface area contributed by atoms with Crippen molar-refractivity contribution in [1.82, 2.24) is 4.98 Å². The lowest BCUT2D eigenvalue weighted by Gasteiger charge is -2.44. The normalized spacial score (nSPS) is 33.0. The Morgan fingerprint density at radius 2 is 2.46 bits per heavy atom. The van der Waals surface area contributed by atoms with Gasteiger partial charge in [-0.05, 0) is 19.8 Å². The Morgan fingerprint density at radius 1 is 1.77 bits per heavy atom. The van der Waals surface area contributed by atoms with E-state index in [1.807, 2.05) is 12.4 Å². The van der Waals surface area contributed by atoms with E-state index in [1.54, 1.807) is 11.3 Å². The van der Waals surface area contributed by atoms with Gasteiger partial charge in [-0.1, -0.05) is 0 Å². The predicted octanol–water partition coefficient (Wildman–Crippen LogP) is 0.803. The second-order valence-electron chi connectivity index (χ2n) is 3.81. The summed E-state index contributed by atoms with van der Waals surface area (Å²) in [6, 6.07) is 0. The van der Waals surface area contributed by atoms with Crippen LogP contribution in [0.5, 0.6) is 0 Å². The standard InChI is InChI=1S/C9H14N2OS/c1-6-8(13-5-11-6)9(4-10)2-7(12)3-9/h5,7,12H,2-4,10H2,1H3. The average Bonchev–Trinajstić information content (AvgIpc) is 2.46. The average molecular weight is 198 g/mol. The predicted molar refractivity (Wildman–Crippen MR) is 52.8 cm³/mol. The zero-order valence-electron chi connectivity index (χ0n) is 7.66. The van der Waals surface area contributed by atoms with Crippen molar-refractivity contribution in [2.45, 2.75) is 31.3 Å². The molecule has 0 aliphatic heterocycles. The molecule has 13 heavy (non-hydrogen) atoms. The first-order valence-electron chi connectivity index (χ1n) is 4.47. The first-order valence-corrected chi connectivity index (χ1v) is 5.34. The molecule has 3 N–H and O–H groups in total. The molecular formula is C9H14N2OS. The van der Waals surface area contributed by atoms with Crippen LogP contribution in [0.1, 0.15) is 23.4 Å². The number of nitrogens with two attached hydrogens (primary N) is 1. The molecule has 0 unspecified atom stereocenters. The summed E-state index contributed by atoms with van der Waals surface area (Å²) in [7, 11) is 0. The van der Waals surface area contributed by atoms with Gasteiger partial charge < -0.3 is 10.8 Å². The van der Waals surface area contributed by atoms with Crippen LogP contribution in [0.3, 0.4) is 0 Å². The van der Waals surface area contributed by atoms with E-state index < -0.39 is 0 Å². The van der Waals surface area contributed by atoms with E-state index in [-0.39, 0.29) is 11.5 Å². The van der Waals surface area contributed by atoms with E-state index in [0.29, 0.717) is 6.54 Å². The number of aryl methyl sites for hydroxylation is 1. The Morgan fingerprint density at radius 3 is 2.85 bits per heavy atom. The van der Waals surface area contributed by atoms with Crippen LogP contribution in [0.15, 0.2) is 5.51 Å². The van der Waals surface area contributed by atoms with Crippen LogP contribution in [0.2, 0.25) is 0 Å². The number of nitrogens with zero attached hydrogens (tertiary/aromatic N) is 1. The van der Waals surface area contributed by atoms with Crippen molar-refractivity contribution in [2.24, 2.45) is 5.73 Å². The van der Waals surface area contributed by atoms with E-state index in [2.05, 4.69) is 4.98 Å². The molecule has 1 saturated carbocycles. The smallest absolute Gasteiger partial charge is 0.0797 e. The van der Waals surface area contributed by atoms with Crippen molar-refractivity contribution in [3.8, 4) is 0 Å². The summed E-state index contributed by atoms with van der Waals surface area (Å²) >= 11 is 1.66. The number of aromatic nitrogens is 1. The first kappa shape index (κ1) is 9.12. The third-order valence-electron chi connectivity index (χ3n) is 2.87. The van der Waals surface area contributed by atoms with Gasteiger partial charge in [-0.25, -0.2) is 4.98 Å². The molecule has 1 aromatic rings. The molecule has 2 rings (SSSR count). The van der Waals surface area contributed by atoms with Gasteiger partial charge in [0.05, 0.1) is 17.3 Å². The fraction of sp³-hybridized carbons (Fsp3) is 0.667. The molecule has 72 valence electrons. The molecule has 1 aliphatic carbocycles. The zero-order valence-corrected chi connectivity index (χ0v) is 8.47. The second kappa shape index (κ2) is 3.04. The Labute approximate surface area is 81.6 Å². The molecule has 1 heterocycles. The topological polar surface area (TPSA) is 59.1 Å². The third kappa shape index (κ3) is 1.29. The first-order chi connectivity index (χ1) is 6.18.